The maximum atomic E-state index is 12.0. The fraction of sp³-hybridized carbons (Fsp3) is 0.286. The Bertz CT molecular complexity index is 293. The monoisotopic (exact) mass is 156 g/mol. The maximum Gasteiger partial charge on any atom is 0.281 e. The van der Waals surface area contributed by atoms with E-state index in [1.807, 2.05) is 0 Å². The summed E-state index contributed by atoms with van der Waals surface area (Å²) in [5, 5.41) is 5.64. The van der Waals surface area contributed by atoms with Crippen LogP contribution in [0.1, 0.15) is 24.6 Å². The summed E-state index contributed by atoms with van der Waals surface area (Å²) in [6, 6.07) is 0. The molecule has 0 aliphatic carbocycles. The maximum absolute atomic E-state index is 12.0. The van der Waals surface area contributed by atoms with Gasteiger partial charge in [-0.15, -0.1) is 5.92 Å². The molecule has 0 bridgehead atoms. The van der Waals surface area contributed by atoms with Gasteiger partial charge >= 0.3 is 0 Å². The lowest BCUT2D eigenvalue weighted by molar-refractivity contribution is 0.145. The molecule has 0 amide bonds. The van der Waals surface area contributed by atoms with Crippen LogP contribution < -0.4 is 0 Å². The summed E-state index contributed by atoms with van der Waals surface area (Å²) in [4.78, 5) is 0. The fourth-order valence-electron chi connectivity index (χ4n) is 0.697. The predicted octanol–water partition coefficient (Wildman–Crippen LogP) is 1.72. The second-order valence-corrected chi connectivity index (χ2v) is 1.87. The van der Waals surface area contributed by atoms with E-state index in [4.69, 9.17) is 0 Å². The highest BCUT2D eigenvalue weighted by atomic mass is 19.3. The molecule has 0 unspecified atom stereocenters. The molecule has 1 rings (SSSR count). The Morgan fingerprint density at radius 1 is 1.64 bits per heavy atom. The van der Waals surface area contributed by atoms with E-state index >= 15 is 0 Å². The van der Waals surface area contributed by atoms with Crippen molar-refractivity contribution in [2.45, 2.75) is 13.3 Å². The topological polar surface area (TPSA) is 28.7 Å². The zero-order chi connectivity index (χ0) is 8.27. The van der Waals surface area contributed by atoms with Crippen molar-refractivity contribution in [3.8, 4) is 11.8 Å². The molecule has 1 N–H and O–H groups in total. The van der Waals surface area contributed by atoms with E-state index in [0.29, 0.717) is 0 Å². The molecule has 4 heteroatoms. The number of hydrogen-bond donors (Lipinski definition) is 1. The van der Waals surface area contributed by atoms with Gasteiger partial charge in [-0.3, -0.25) is 5.10 Å². The number of aromatic nitrogens is 2. The lowest BCUT2D eigenvalue weighted by atomic mass is 10.2. The van der Waals surface area contributed by atoms with Crippen LogP contribution in [-0.4, -0.2) is 10.2 Å². The Balaban J connectivity index is 3.02. The molecule has 0 spiro atoms. The molecule has 0 saturated heterocycles. The van der Waals surface area contributed by atoms with Gasteiger partial charge in [0.05, 0.1) is 11.8 Å². The number of H-pyrrole nitrogens is 1. The van der Waals surface area contributed by atoms with E-state index < -0.39 is 6.43 Å². The van der Waals surface area contributed by atoms with E-state index in [9.17, 15) is 8.78 Å². The quantitative estimate of drug-likeness (QED) is 0.616. The van der Waals surface area contributed by atoms with Crippen molar-refractivity contribution in [1.82, 2.24) is 10.2 Å². The largest absolute Gasteiger partial charge is 0.281 e. The SMILES string of the molecule is CC#Cc1cn[nH]c1C(F)F. The second-order valence-electron chi connectivity index (χ2n) is 1.87. The highest BCUT2D eigenvalue weighted by molar-refractivity contribution is 5.35. The summed E-state index contributed by atoms with van der Waals surface area (Å²) in [6.45, 7) is 1.59. The second kappa shape index (κ2) is 3.15. The van der Waals surface area contributed by atoms with Crippen LogP contribution in [-0.2, 0) is 0 Å². The van der Waals surface area contributed by atoms with E-state index in [1.54, 1.807) is 6.92 Å². The number of halogens is 2. The Kier molecular flexibility index (Phi) is 2.21. The average molecular weight is 156 g/mol. The van der Waals surface area contributed by atoms with Crippen molar-refractivity contribution in [2.75, 3.05) is 0 Å². The Morgan fingerprint density at radius 2 is 2.36 bits per heavy atom. The minimum Gasteiger partial charge on any atom is -0.275 e. The van der Waals surface area contributed by atoms with E-state index in [1.165, 1.54) is 6.20 Å². The minimum absolute atomic E-state index is 0.209. The van der Waals surface area contributed by atoms with Gasteiger partial charge in [-0.1, -0.05) is 5.92 Å². The van der Waals surface area contributed by atoms with Crippen LogP contribution in [0.25, 0.3) is 0 Å². The number of alkyl halides is 2. The van der Waals surface area contributed by atoms with Gasteiger partial charge in [0.1, 0.15) is 5.69 Å². The number of nitrogens with zero attached hydrogens (tertiary/aromatic N) is 1. The van der Waals surface area contributed by atoms with Gasteiger partial charge < -0.3 is 0 Å². The lowest BCUT2D eigenvalue weighted by Gasteiger charge is -1.92. The van der Waals surface area contributed by atoms with Gasteiger partial charge in [0, 0.05) is 0 Å². The Hall–Kier alpha value is -1.37. The van der Waals surface area contributed by atoms with Crippen LogP contribution >= 0.6 is 0 Å². The summed E-state index contributed by atoms with van der Waals surface area (Å²) in [6.07, 6.45) is -1.24. The van der Waals surface area contributed by atoms with Crippen LogP contribution in [0.5, 0.6) is 0 Å². The summed E-state index contributed by atoms with van der Waals surface area (Å²) >= 11 is 0. The van der Waals surface area contributed by atoms with Crippen LogP contribution in [0, 0.1) is 11.8 Å². The zero-order valence-electron chi connectivity index (χ0n) is 5.86. The molecule has 0 saturated carbocycles. The normalized spacial score (nSPS) is 9.45. The average Bonchev–Trinajstić information content (AvgIpc) is 2.36. The highest BCUT2D eigenvalue weighted by Gasteiger charge is 2.12. The Labute approximate surface area is 62.6 Å². The third-order valence-corrected chi connectivity index (χ3v) is 1.15. The highest BCUT2D eigenvalue weighted by Crippen LogP contribution is 2.18. The smallest absolute Gasteiger partial charge is 0.275 e. The molecule has 58 valence electrons. The summed E-state index contributed by atoms with van der Waals surface area (Å²) in [5.41, 5.74) is 0.0573. The van der Waals surface area contributed by atoms with Gasteiger partial charge in [-0.2, -0.15) is 5.10 Å². The number of aromatic amines is 1. The summed E-state index contributed by atoms with van der Waals surface area (Å²) in [7, 11) is 0. The zero-order valence-corrected chi connectivity index (χ0v) is 5.86. The molecule has 0 aliphatic rings. The van der Waals surface area contributed by atoms with E-state index in [0.717, 1.165) is 0 Å². The number of rotatable bonds is 1. The molecular formula is C7H6F2N2. The van der Waals surface area contributed by atoms with Gasteiger partial charge in [0.15, 0.2) is 0 Å². The number of hydrogen-bond acceptors (Lipinski definition) is 1. The van der Waals surface area contributed by atoms with Gasteiger partial charge in [0.25, 0.3) is 6.43 Å². The molecule has 0 radical (unpaired) electrons. The molecule has 0 fully saturated rings. The molecular weight excluding hydrogens is 150 g/mol. The summed E-state index contributed by atoms with van der Waals surface area (Å²) in [5.74, 6) is 5.04. The fourth-order valence-corrected chi connectivity index (χ4v) is 0.697. The van der Waals surface area contributed by atoms with Gasteiger partial charge in [0.2, 0.25) is 0 Å². The first-order valence-electron chi connectivity index (χ1n) is 3.00. The van der Waals surface area contributed by atoms with E-state index in [-0.39, 0.29) is 11.3 Å². The Morgan fingerprint density at radius 3 is 2.91 bits per heavy atom. The molecule has 0 aliphatic heterocycles. The molecule has 0 atom stereocenters. The molecule has 1 heterocycles. The third kappa shape index (κ3) is 1.55. The van der Waals surface area contributed by atoms with Crippen molar-refractivity contribution >= 4 is 0 Å². The van der Waals surface area contributed by atoms with Crippen molar-refractivity contribution in [1.29, 1.82) is 0 Å². The van der Waals surface area contributed by atoms with Crippen molar-refractivity contribution < 1.29 is 8.78 Å². The van der Waals surface area contributed by atoms with Crippen molar-refractivity contribution in [3.05, 3.63) is 17.5 Å². The summed E-state index contributed by atoms with van der Waals surface area (Å²) < 4.78 is 24.1. The standard InChI is InChI=1S/C7H6F2N2/c1-2-3-5-4-10-11-6(5)7(8)9/h4,7H,1H3,(H,10,11). The van der Waals surface area contributed by atoms with Crippen LogP contribution in [0.3, 0.4) is 0 Å². The first-order chi connectivity index (χ1) is 5.25. The lowest BCUT2D eigenvalue weighted by Crippen LogP contribution is -1.87. The first-order valence-corrected chi connectivity index (χ1v) is 3.00. The minimum atomic E-state index is -2.53. The molecule has 1 aromatic heterocycles. The van der Waals surface area contributed by atoms with Crippen molar-refractivity contribution in [3.63, 3.8) is 0 Å². The first kappa shape index (κ1) is 7.73. The van der Waals surface area contributed by atoms with Crippen LogP contribution in [0.4, 0.5) is 8.78 Å². The van der Waals surface area contributed by atoms with Crippen LogP contribution in [0.2, 0.25) is 0 Å². The third-order valence-electron chi connectivity index (χ3n) is 1.15. The van der Waals surface area contributed by atoms with Crippen LogP contribution in [0.15, 0.2) is 6.20 Å². The molecule has 1 aromatic rings. The predicted molar refractivity (Wildman–Crippen MR) is 36.1 cm³/mol. The van der Waals surface area contributed by atoms with Gasteiger partial charge in [-0.05, 0) is 6.92 Å². The molecule has 0 aromatic carbocycles. The number of nitrogens with one attached hydrogen (secondary N) is 1. The molecule has 11 heavy (non-hydrogen) atoms. The molecule has 2 nitrogen and oxygen atoms in total. The van der Waals surface area contributed by atoms with Gasteiger partial charge in [-0.25, -0.2) is 8.78 Å². The van der Waals surface area contributed by atoms with E-state index in [2.05, 4.69) is 22.0 Å². The van der Waals surface area contributed by atoms with Crippen molar-refractivity contribution in [2.24, 2.45) is 0 Å².